The van der Waals surface area contributed by atoms with Crippen molar-refractivity contribution < 1.29 is 4.79 Å². The van der Waals surface area contributed by atoms with Gasteiger partial charge in [0.2, 0.25) is 5.91 Å². The number of thiophene rings is 1. The molecule has 22 heavy (non-hydrogen) atoms. The molecule has 4 nitrogen and oxygen atoms in total. The molecule has 0 aromatic carbocycles. The summed E-state index contributed by atoms with van der Waals surface area (Å²) in [6, 6.07) is 4.63. The molecule has 0 radical (unpaired) electrons. The van der Waals surface area contributed by atoms with Crippen LogP contribution in [0.3, 0.4) is 0 Å². The summed E-state index contributed by atoms with van der Waals surface area (Å²) in [4.78, 5) is 16.0. The molecule has 0 unspecified atom stereocenters. The standard InChI is InChI=1S/C17H23N3OS/c1-12-16(13(2)19(3)18-12)8-9-17(21)20(14-6-7-14)11-15-5-4-10-22-15/h4-5,10,14H,6-9,11H2,1-3H3. The molecule has 0 saturated heterocycles. The fourth-order valence-corrected chi connectivity index (χ4v) is 3.64. The van der Waals surface area contributed by atoms with Gasteiger partial charge < -0.3 is 4.90 Å². The van der Waals surface area contributed by atoms with Gasteiger partial charge in [-0.15, -0.1) is 11.3 Å². The molecular weight excluding hydrogens is 294 g/mol. The Kier molecular flexibility index (Phi) is 4.34. The van der Waals surface area contributed by atoms with Gasteiger partial charge in [0.25, 0.3) is 0 Å². The molecule has 0 bridgehead atoms. The third-order valence-electron chi connectivity index (χ3n) is 4.46. The topological polar surface area (TPSA) is 38.1 Å². The van der Waals surface area contributed by atoms with Crippen LogP contribution in [0.4, 0.5) is 0 Å². The van der Waals surface area contributed by atoms with Crippen molar-refractivity contribution in [3.05, 3.63) is 39.3 Å². The molecule has 5 heteroatoms. The number of aromatic nitrogens is 2. The van der Waals surface area contributed by atoms with Crippen LogP contribution in [0.5, 0.6) is 0 Å². The lowest BCUT2D eigenvalue weighted by molar-refractivity contribution is -0.132. The largest absolute Gasteiger partial charge is 0.335 e. The summed E-state index contributed by atoms with van der Waals surface area (Å²) in [7, 11) is 1.96. The number of aryl methyl sites for hydroxylation is 2. The van der Waals surface area contributed by atoms with Crippen LogP contribution >= 0.6 is 11.3 Å². The van der Waals surface area contributed by atoms with Crippen molar-refractivity contribution in [2.24, 2.45) is 7.05 Å². The van der Waals surface area contributed by atoms with E-state index in [4.69, 9.17) is 0 Å². The van der Waals surface area contributed by atoms with Crippen LogP contribution in [0.25, 0.3) is 0 Å². The Morgan fingerprint density at radius 2 is 2.23 bits per heavy atom. The monoisotopic (exact) mass is 317 g/mol. The molecule has 2 heterocycles. The Labute approximate surface area is 135 Å². The Morgan fingerprint density at radius 1 is 1.45 bits per heavy atom. The van der Waals surface area contributed by atoms with Crippen molar-refractivity contribution in [3.63, 3.8) is 0 Å². The maximum absolute atomic E-state index is 12.7. The smallest absolute Gasteiger partial charge is 0.223 e. The fourth-order valence-electron chi connectivity index (χ4n) is 2.93. The van der Waals surface area contributed by atoms with Gasteiger partial charge in [-0.05, 0) is 50.1 Å². The summed E-state index contributed by atoms with van der Waals surface area (Å²) in [5, 5.41) is 6.51. The minimum absolute atomic E-state index is 0.276. The number of amides is 1. The van der Waals surface area contributed by atoms with Crippen molar-refractivity contribution in [2.45, 2.75) is 52.1 Å². The van der Waals surface area contributed by atoms with Gasteiger partial charge >= 0.3 is 0 Å². The number of hydrogen-bond donors (Lipinski definition) is 0. The molecule has 1 aliphatic carbocycles. The van der Waals surface area contributed by atoms with Crippen LogP contribution in [0.1, 0.15) is 41.1 Å². The number of carbonyl (C=O) groups excluding carboxylic acids is 1. The second-order valence-electron chi connectivity index (χ2n) is 6.11. The molecule has 1 aliphatic rings. The third-order valence-corrected chi connectivity index (χ3v) is 5.32. The highest BCUT2D eigenvalue weighted by atomic mass is 32.1. The minimum Gasteiger partial charge on any atom is -0.335 e. The Hall–Kier alpha value is -1.62. The normalized spacial score (nSPS) is 14.3. The first-order chi connectivity index (χ1) is 10.6. The number of nitrogens with zero attached hydrogens (tertiary/aromatic N) is 3. The molecule has 0 spiro atoms. The van der Waals surface area contributed by atoms with Gasteiger partial charge in [-0.25, -0.2) is 0 Å². The first kappa shape index (κ1) is 15.3. The highest BCUT2D eigenvalue weighted by molar-refractivity contribution is 7.09. The number of hydrogen-bond acceptors (Lipinski definition) is 3. The molecule has 0 N–H and O–H groups in total. The maximum Gasteiger partial charge on any atom is 0.223 e. The molecule has 3 rings (SSSR count). The number of rotatable bonds is 6. The minimum atomic E-state index is 0.276. The summed E-state index contributed by atoms with van der Waals surface area (Å²) in [5.74, 6) is 0.276. The highest BCUT2D eigenvalue weighted by Gasteiger charge is 2.32. The summed E-state index contributed by atoms with van der Waals surface area (Å²) in [5.41, 5.74) is 3.44. The fraction of sp³-hybridized carbons (Fsp3) is 0.529. The van der Waals surface area contributed by atoms with Crippen molar-refractivity contribution in [1.82, 2.24) is 14.7 Å². The summed E-state index contributed by atoms with van der Waals surface area (Å²) in [6.45, 7) is 4.87. The molecule has 2 aromatic heterocycles. The molecule has 118 valence electrons. The molecule has 1 saturated carbocycles. The van der Waals surface area contributed by atoms with Crippen molar-refractivity contribution in [3.8, 4) is 0 Å². The van der Waals surface area contributed by atoms with E-state index in [1.807, 2.05) is 18.7 Å². The second kappa shape index (κ2) is 6.24. The van der Waals surface area contributed by atoms with Crippen molar-refractivity contribution in [2.75, 3.05) is 0 Å². The predicted octanol–water partition coefficient (Wildman–Crippen LogP) is 3.22. The van der Waals surface area contributed by atoms with E-state index >= 15 is 0 Å². The van der Waals surface area contributed by atoms with E-state index < -0.39 is 0 Å². The molecule has 1 amide bonds. The van der Waals surface area contributed by atoms with Crippen LogP contribution in [0.15, 0.2) is 17.5 Å². The van der Waals surface area contributed by atoms with Gasteiger partial charge in [0, 0.05) is 30.1 Å². The average molecular weight is 317 g/mol. The van der Waals surface area contributed by atoms with E-state index in [2.05, 4.69) is 34.4 Å². The van der Waals surface area contributed by atoms with E-state index in [1.54, 1.807) is 11.3 Å². The lowest BCUT2D eigenvalue weighted by Gasteiger charge is -2.22. The second-order valence-corrected chi connectivity index (χ2v) is 7.14. The molecule has 0 aliphatic heterocycles. The molecule has 1 fully saturated rings. The third kappa shape index (κ3) is 3.24. The average Bonchev–Trinajstić information content (AvgIpc) is 3.13. The molecule has 0 atom stereocenters. The first-order valence-corrected chi connectivity index (χ1v) is 8.75. The van der Waals surface area contributed by atoms with Crippen LogP contribution in [-0.4, -0.2) is 26.6 Å². The van der Waals surface area contributed by atoms with E-state index in [0.717, 1.165) is 31.5 Å². The van der Waals surface area contributed by atoms with Crippen LogP contribution in [-0.2, 0) is 24.8 Å². The summed E-state index contributed by atoms with van der Waals surface area (Å²) in [6.07, 6.45) is 3.68. The van der Waals surface area contributed by atoms with Gasteiger partial charge in [-0.1, -0.05) is 6.07 Å². The number of carbonyl (C=O) groups is 1. The quantitative estimate of drug-likeness (QED) is 0.820. The van der Waals surface area contributed by atoms with Crippen LogP contribution < -0.4 is 0 Å². The van der Waals surface area contributed by atoms with Crippen molar-refractivity contribution >= 4 is 17.2 Å². The SMILES string of the molecule is Cc1nn(C)c(C)c1CCC(=O)N(Cc1cccs1)C1CC1. The van der Waals surface area contributed by atoms with E-state index in [0.29, 0.717) is 12.5 Å². The zero-order chi connectivity index (χ0) is 15.7. The van der Waals surface area contributed by atoms with Gasteiger partial charge in [-0.3, -0.25) is 9.48 Å². The highest BCUT2D eigenvalue weighted by Crippen LogP contribution is 2.30. The first-order valence-electron chi connectivity index (χ1n) is 7.87. The lowest BCUT2D eigenvalue weighted by atomic mass is 10.1. The van der Waals surface area contributed by atoms with E-state index in [1.165, 1.54) is 16.1 Å². The zero-order valence-corrected chi connectivity index (χ0v) is 14.3. The molecule has 2 aromatic rings. The van der Waals surface area contributed by atoms with Crippen LogP contribution in [0.2, 0.25) is 0 Å². The zero-order valence-electron chi connectivity index (χ0n) is 13.5. The van der Waals surface area contributed by atoms with E-state index in [-0.39, 0.29) is 5.91 Å². The Morgan fingerprint density at radius 3 is 2.77 bits per heavy atom. The van der Waals surface area contributed by atoms with Gasteiger partial charge in [-0.2, -0.15) is 5.10 Å². The molecular formula is C17H23N3OS. The summed E-state index contributed by atoms with van der Waals surface area (Å²) >= 11 is 1.73. The predicted molar refractivity (Wildman–Crippen MR) is 88.9 cm³/mol. The van der Waals surface area contributed by atoms with Gasteiger partial charge in [0.15, 0.2) is 0 Å². The maximum atomic E-state index is 12.7. The van der Waals surface area contributed by atoms with E-state index in [9.17, 15) is 4.79 Å². The Balaban J connectivity index is 1.64. The summed E-state index contributed by atoms with van der Waals surface area (Å²) < 4.78 is 1.90. The van der Waals surface area contributed by atoms with Gasteiger partial charge in [0.05, 0.1) is 12.2 Å². The Bertz CT molecular complexity index is 656. The lowest BCUT2D eigenvalue weighted by Crippen LogP contribution is -2.32. The van der Waals surface area contributed by atoms with Crippen molar-refractivity contribution in [1.29, 1.82) is 0 Å². The van der Waals surface area contributed by atoms with Crippen LogP contribution in [0, 0.1) is 13.8 Å². The van der Waals surface area contributed by atoms with Gasteiger partial charge in [0.1, 0.15) is 0 Å².